The summed E-state index contributed by atoms with van der Waals surface area (Å²) in [6.45, 7) is 2.28. The molecule has 0 atom stereocenters. The quantitative estimate of drug-likeness (QED) is 0.671. The van der Waals surface area contributed by atoms with Crippen molar-refractivity contribution in [1.29, 1.82) is 0 Å². The van der Waals surface area contributed by atoms with E-state index in [1.807, 2.05) is 0 Å². The molecule has 0 aliphatic rings. The van der Waals surface area contributed by atoms with Crippen molar-refractivity contribution in [3.05, 3.63) is 40.8 Å². The van der Waals surface area contributed by atoms with Gasteiger partial charge in [0, 0.05) is 11.8 Å². The second kappa shape index (κ2) is 6.19. The van der Waals surface area contributed by atoms with E-state index in [1.54, 1.807) is 25.3 Å². The SMILES string of the molecule is CCOC(=O)c1cn[nH]c1OCc1ccc(Cl)nc1. The molecule has 100 valence electrons. The molecule has 2 aromatic heterocycles. The molecule has 1 N–H and O–H groups in total. The fourth-order valence-corrected chi connectivity index (χ4v) is 1.50. The summed E-state index contributed by atoms with van der Waals surface area (Å²) in [5, 5.41) is 6.79. The lowest BCUT2D eigenvalue weighted by molar-refractivity contribution is 0.0521. The molecule has 2 rings (SSSR count). The summed E-state index contributed by atoms with van der Waals surface area (Å²) in [5.41, 5.74) is 1.09. The first-order valence-corrected chi connectivity index (χ1v) is 6.02. The summed E-state index contributed by atoms with van der Waals surface area (Å²) >= 11 is 5.68. The maximum atomic E-state index is 11.6. The van der Waals surface area contributed by atoms with Crippen LogP contribution >= 0.6 is 11.6 Å². The molecule has 7 heteroatoms. The van der Waals surface area contributed by atoms with Crippen LogP contribution in [-0.4, -0.2) is 27.8 Å². The fraction of sp³-hybridized carbons (Fsp3) is 0.250. The van der Waals surface area contributed by atoms with Crippen molar-refractivity contribution in [3.63, 3.8) is 0 Å². The van der Waals surface area contributed by atoms with E-state index in [2.05, 4.69) is 15.2 Å². The van der Waals surface area contributed by atoms with Gasteiger partial charge in [0.2, 0.25) is 5.88 Å². The van der Waals surface area contributed by atoms with E-state index in [1.165, 1.54) is 6.20 Å². The highest BCUT2D eigenvalue weighted by Gasteiger charge is 2.16. The van der Waals surface area contributed by atoms with Crippen molar-refractivity contribution in [2.75, 3.05) is 6.61 Å². The number of rotatable bonds is 5. The fourth-order valence-electron chi connectivity index (χ4n) is 1.39. The largest absolute Gasteiger partial charge is 0.472 e. The van der Waals surface area contributed by atoms with E-state index in [0.29, 0.717) is 11.8 Å². The Kier molecular flexibility index (Phi) is 4.35. The van der Waals surface area contributed by atoms with Crippen LogP contribution in [0.3, 0.4) is 0 Å². The van der Waals surface area contributed by atoms with Gasteiger partial charge in [0.1, 0.15) is 17.3 Å². The number of H-pyrrole nitrogens is 1. The zero-order valence-electron chi connectivity index (χ0n) is 10.2. The van der Waals surface area contributed by atoms with Gasteiger partial charge in [-0.15, -0.1) is 0 Å². The molecule has 0 aromatic carbocycles. The number of nitrogens with one attached hydrogen (secondary N) is 1. The van der Waals surface area contributed by atoms with Gasteiger partial charge in [-0.1, -0.05) is 17.7 Å². The van der Waals surface area contributed by atoms with Crippen molar-refractivity contribution >= 4 is 17.6 Å². The Morgan fingerprint density at radius 1 is 1.42 bits per heavy atom. The van der Waals surface area contributed by atoms with Crippen molar-refractivity contribution in [2.45, 2.75) is 13.5 Å². The Bertz CT molecular complexity index is 554. The number of hydrogen-bond acceptors (Lipinski definition) is 5. The molecule has 0 radical (unpaired) electrons. The molecule has 0 saturated heterocycles. The Morgan fingerprint density at radius 2 is 2.26 bits per heavy atom. The first-order valence-electron chi connectivity index (χ1n) is 5.64. The highest BCUT2D eigenvalue weighted by Crippen LogP contribution is 2.17. The molecule has 0 aliphatic heterocycles. The van der Waals surface area contributed by atoms with Crippen LogP contribution in [0.25, 0.3) is 0 Å². The summed E-state index contributed by atoms with van der Waals surface area (Å²) in [6, 6.07) is 3.45. The minimum absolute atomic E-state index is 0.249. The molecule has 0 bridgehead atoms. The van der Waals surface area contributed by atoms with Crippen LogP contribution in [0.2, 0.25) is 5.15 Å². The Hall–Kier alpha value is -2.08. The highest BCUT2D eigenvalue weighted by molar-refractivity contribution is 6.29. The van der Waals surface area contributed by atoms with Gasteiger partial charge >= 0.3 is 5.97 Å². The third-order valence-electron chi connectivity index (χ3n) is 2.27. The predicted molar refractivity (Wildman–Crippen MR) is 68.1 cm³/mol. The molecule has 6 nitrogen and oxygen atoms in total. The molecule has 0 amide bonds. The number of esters is 1. The lowest BCUT2D eigenvalue weighted by Gasteiger charge is -2.06. The predicted octanol–water partition coefficient (Wildman–Crippen LogP) is 2.21. The smallest absolute Gasteiger partial charge is 0.345 e. The number of halogens is 1. The van der Waals surface area contributed by atoms with Gasteiger partial charge in [0.25, 0.3) is 0 Å². The van der Waals surface area contributed by atoms with Crippen LogP contribution in [-0.2, 0) is 11.3 Å². The van der Waals surface area contributed by atoms with Crippen LogP contribution in [0.4, 0.5) is 0 Å². The third-order valence-corrected chi connectivity index (χ3v) is 2.50. The summed E-state index contributed by atoms with van der Waals surface area (Å²) in [7, 11) is 0. The average Bonchev–Trinajstić information content (AvgIpc) is 2.87. The van der Waals surface area contributed by atoms with Crippen LogP contribution in [0.5, 0.6) is 5.88 Å². The van der Waals surface area contributed by atoms with Crippen molar-refractivity contribution in [3.8, 4) is 5.88 Å². The molecule has 0 aliphatic carbocycles. The Morgan fingerprint density at radius 3 is 2.95 bits per heavy atom. The minimum Gasteiger partial charge on any atom is -0.472 e. The van der Waals surface area contributed by atoms with Gasteiger partial charge < -0.3 is 9.47 Å². The van der Waals surface area contributed by atoms with Crippen LogP contribution < -0.4 is 4.74 Å². The standard InChI is InChI=1S/C12H12ClN3O3/c1-2-18-12(17)9-6-15-16-11(9)19-7-8-3-4-10(13)14-5-8/h3-6H,2,7H2,1H3,(H,15,16). The number of aromatic nitrogens is 3. The number of ether oxygens (including phenoxy) is 2. The summed E-state index contributed by atoms with van der Waals surface area (Å²) in [4.78, 5) is 15.5. The zero-order valence-corrected chi connectivity index (χ0v) is 11.0. The van der Waals surface area contributed by atoms with Gasteiger partial charge in [-0.05, 0) is 13.0 Å². The molecule has 0 fully saturated rings. The van der Waals surface area contributed by atoms with Gasteiger partial charge in [-0.3, -0.25) is 0 Å². The number of aromatic amines is 1. The molecule has 0 saturated carbocycles. The highest BCUT2D eigenvalue weighted by atomic mass is 35.5. The normalized spacial score (nSPS) is 10.2. The number of carbonyl (C=O) groups excluding carboxylic acids is 1. The minimum atomic E-state index is -0.472. The van der Waals surface area contributed by atoms with Gasteiger partial charge in [-0.25, -0.2) is 14.9 Å². The van der Waals surface area contributed by atoms with Crippen LogP contribution in [0.1, 0.15) is 22.8 Å². The van der Waals surface area contributed by atoms with E-state index < -0.39 is 5.97 Å². The number of pyridine rings is 1. The first kappa shape index (κ1) is 13.4. The number of nitrogens with zero attached hydrogens (tertiary/aromatic N) is 2. The second-order valence-electron chi connectivity index (χ2n) is 3.61. The average molecular weight is 282 g/mol. The zero-order chi connectivity index (χ0) is 13.7. The van der Waals surface area contributed by atoms with Gasteiger partial charge in [0.15, 0.2) is 0 Å². The molecule has 0 spiro atoms. The van der Waals surface area contributed by atoms with E-state index >= 15 is 0 Å². The van der Waals surface area contributed by atoms with Crippen molar-refractivity contribution in [2.24, 2.45) is 0 Å². The number of carbonyl (C=O) groups is 1. The van der Waals surface area contributed by atoms with Crippen molar-refractivity contribution < 1.29 is 14.3 Å². The summed E-state index contributed by atoms with van der Waals surface area (Å²) in [5.74, 6) is -0.200. The number of hydrogen-bond donors (Lipinski definition) is 1. The summed E-state index contributed by atoms with van der Waals surface area (Å²) in [6.07, 6.45) is 2.97. The molecular weight excluding hydrogens is 270 g/mol. The van der Waals surface area contributed by atoms with Crippen molar-refractivity contribution in [1.82, 2.24) is 15.2 Å². The maximum absolute atomic E-state index is 11.6. The molecule has 0 unspecified atom stereocenters. The maximum Gasteiger partial charge on any atom is 0.345 e. The third kappa shape index (κ3) is 3.45. The monoisotopic (exact) mass is 281 g/mol. The van der Waals surface area contributed by atoms with Gasteiger partial charge in [-0.2, -0.15) is 5.10 Å². The van der Waals surface area contributed by atoms with E-state index in [4.69, 9.17) is 21.1 Å². The van der Waals surface area contributed by atoms with E-state index in [9.17, 15) is 4.79 Å². The molecule has 2 aromatic rings. The first-order chi connectivity index (χ1) is 9.20. The summed E-state index contributed by atoms with van der Waals surface area (Å²) < 4.78 is 10.4. The topological polar surface area (TPSA) is 77.1 Å². The van der Waals surface area contributed by atoms with Crippen LogP contribution in [0.15, 0.2) is 24.5 Å². The Labute approximate surface area is 114 Å². The lowest BCUT2D eigenvalue weighted by atomic mass is 10.3. The van der Waals surface area contributed by atoms with E-state index in [0.717, 1.165) is 5.56 Å². The molecular formula is C12H12ClN3O3. The van der Waals surface area contributed by atoms with Gasteiger partial charge in [0.05, 0.1) is 12.8 Å². The molecule has 19 heavy (non-hydrogen) atoms. The molecule has 2 heterocycles. The van der Waals surface area contributed by atoms with E-state index in [-0.39, 0.29) is 18.1 Å². The lowest BCUT2D eigenvalue weighted by Crippen LogP contribution is -2.06. The Balaban J connectivity index is 2.02. The van der Waals surface area contributed by atoms with Crippen LogP contribution in [0, 0.1) is 0 Å². The second-order valence-corrected chi connectivity index (χ2v) is 4.00.